The van der Waals surface area contributed by atoms with Crippen LogP contribution < -0.4 is 0 Å². The molecule has 0 spiro atoms. The Hall–Kier alpha value is -1.50. The second kappa shape index (κ2) is 5.95. The molecule has 0 unspecified atom stereocenters. The molecule has 2 saturated heterocycles. The molecule has 0 aromatic carbocycles. The number of likely N-dealkylation sites (tertiary alicyclic amines) is 1. The van der Waals surface area contributed by atoms with E-state index < -0.39 is 9.84 Å². The van der Waals surface area contributed by atoms with E-state index in [1.54, 1.807) is 12.4 Å². The molecule has 2 aliphatic heterocycles. The zero-order valence-electron chi connectivity index (χ0n) is 12.7. The second-order valence-corrected chi connectivity index (χ2v) is 8.51. The van der Waals surface area contributed by atoms with E-state index in [2.05, 4.69) is 9.97 Å². The number of amides is 1. The number of nitrogens with zero attached hydrogens (tertiary/aromatic N) is 3. The number of rotatable bonds is 2. The molecule has 1 amide bonds. The van der Waals surface area contributed by atoms with Gasteiger partial charge in [-0.3, -0.25) is 14.8 Å². The van der Waals surface area contributed by atoms with Crippen molar-refractivity contribution in [2.24, 2.45) is 5.92 Å². The first-order valence-corrected chi connectivity index (χ1v) is 9.54. The summed E-state index contributed by atoms with van der Waals surface area (Å²) in [5.41, 5.74) is 1.91. The fourth-order valence-corrected chi connectivity index (χ4v) is 5.06. The largest absolute Gasteiger partial charge is 0.342 e. The zero-order chi connectivity index (χ0) is 15.7. The average molecular weight is 323 g/mol. The van der Waals surface area contributed by atoms with E-state index in [4.69, 9.17) is 0 Å². The molecule has 1 aromatic rings. The number of aryl methyl sites for hydroxylation is 1. The summed E-state index contributed by atoms with van der Waals surface area (Å²) in [7, 11) is -3.00. The van der Waals surface area contributed by atoms with Gasteiger partial charge in [-0.2, -0.15) is 0 Å². The molecular formula is C15H21N3O3S. The number of carbonyl (C=O) groups is 1. The van der Waals surface area contributed by atoms with Gasteiger partial charge in [-0.05, 0) is 26.2 Å². The Morgan fingerprint density at radius 2 is 1.95 bits per heavy atom. The molecule has 0 radical (unpaired) electrons. The highest BCUT2D eigenvalue weighted by Gasteiger charge is 2.36. The van der Waals surface area contributed by atoms with Crippen LogP contribution in [-0.4, -0.2) is 53.8 Å². The summed E-state index contributed by atoms with van der Waals surface area (Å²) in [5, 5.41) is 0. The summed E-state index contributed by atoms with van der Waals surface area (Å²) in [6, 6.07) is 0. The maximum Gasteiger partial charge on any atom is 0.226 e. The molecule has 0 bridgehead atoms. The van der Waals surface area contributed by atoms with Crippen LogP contribution in [0.25, 0.3) is 0 Å². The van der Waals surface area contributed by atoms with Crippen molar-refractivity contribution >= 4 is 15.7 Å². The first kappa shape index (κ1) is 15.4. The summed E-state index contributed by atoms with van der Waals surface area (Å²) < 4.78 is 23.0. The molecule has 3 rings (SSSR count). The number of piperidine rings is 1. The van der Waals surface area contributed by atoms with Gasteiger partial charge < -0.3 is 4.90 Å². The fraction of sp³-hybridized carbons (Fsp3) is 0.667. The third kappa shape index (κ3) is 3.29. The van der Waals surface area contributed by atoms with Crippen molar-refractivity contribution in [3.05, 3.63) is 23.8 Å². The number of hydrogen-bond donors (Lipinski definition) is 0. The van der Waals surface area contributed by atoms with Crippen molar-refractivity contribution in [1.82, 2.24) is 14.9 Å². The first-order chi connectivity index (χ1) is 10.4. The molecule has 1 atom stereocenters. The third-order valence-electron chi connectivity index (χ3n) is 4.58. The first-order valence-electron chi connectivity index (χ1n) is 7.72. The van der Waals surface area contributed by atoms with E-state index in [0.717, 1.165) is 24.2 Å². The van der Waals surface area contributed by atoms with Crippen LogP contribution in [0.15, 0.2) is 12.4 Å². The summed E-state index contributed by atoms with van der Waals surface area (Å²) in [5.74, 6) is 0.187. The Balaban J connectivity index is 1.59. The standard InChI is InChI=1S/C15H21N3O3S/c1-11-8-16-9-14(17-11)12-2-5-18(6-3-12)15(19)13-4-7-22(20,21)10-13/h8-9,12-13H,2-7,10H2,1H3/t13-/m0/s1. The number of sulfone groups is 1. The van der Waals surface area contributed by atoms with Crippen molar-refractivity contribution in [1.29, 1.82) is 0 Å². The van der Waals surface area contributed by atoms with Gasteiger partial charge in [0, 0.05) is 31.4 Å². The van der Waals surface area contributed by atoms with Crippen molar-refractivity contribution in [2.45, 2.75) is 32.1 Å². The molecule has 120 valence electrons. The molecule has 0 saturated carbocycles. The molecule has 0 aliphatic carbocycles. The fourth-order valence-electron chi connectivity index (χ4n) is 3.32. The van der Waals surface area contributed by atoms with Gasteiger partial charge in [0.1, 0.15) is 0 Å². The van der Waals surface area contributed by atoms with Gasteiger partial charge in [0.05, 0.1) is 28.8 Å². The quantitative estimate of drug-likeness (QED) is 0.809. The van der Waals surface area contributed by atoms with Crippen LogP contribution in [0.3, 0.4) is 0 Å². The zero-order valence-corrected chi connectivity index (χ0v) is 13.6. The minimum atomic E-state index is -3.00. The molecule has 2 aliphatic rings. The average Bonchev–Trinajstić information content (AvgIpc) is 2.87. The number of hydrogen-bond acceptors (Lipinski definition) is 5. The van der Waals surface area contributed by atoms with Crippen molar-refractivity contribution in [3.8, 4) is 0 Å². The summed E-state index contributed by atoms with van der Waals surface area (Å²) in [6.07, 6.45) is 5.75. The van der Waals surface area contributed by atoms with E-state index in [-0.39, 0.29) is 23.3 Å². The SMILES string of the molecule is Cc1cncc(C2CCN(C(=O)[C@H]3CCS(=O)(=O)C3)CC2)n1. The topological polar surface area (TPSA) is 80.2 Å². The van der Waals surface area contributed by atoms with Crippen LogP contribution in [-0.2, 0) is 14.6 Å². The van der Waals surface area contributed by atoms with Crippen LogP contribution in [0, 0.1) is 12.8 Å². The molecule has 7 heteroatoms. The van der Waals surface area contributed by atoms with Gasteiger partial charge in [-0.15, -0.1) is 0 Å². The summed E-state index contributed by atoms with van der Waals surface area (Å²) in [6.45, 7) is 3.28. The van der Waals surface area contributed by atoms with Crippen molar-refractivity contribution in [2.75, 3.05) is 24.6 Å². The highest BCUT2D eigenvalue weighted by molar-refractivity contribution is 7.91. The second-order valence-electron chi connectivity index (χ2n) is 6.28. The number of aromatic nitrogens is 2. The predicted octanol–water partition coefficient (Wildman–Crippen LogP) is 0.926. The Labute approximate surface area is 130 Å². The lowest BCUT2D eigenvalue weighted by molar-refractivity contribution is -0.135. The van der Waals surface area contributed by atoms with Crippen molar-refractivity contribution < 1.29 is 13.2 Å². The summed E-state index contributed by atoms with van der Waals surface area (Å²) in [4.78, 5) is 22.9. The molecular weight excluding hydrogens is 302 g/mol. The molecule has 1 aromatic heterocycles. The molecule has 6 nitrogen and oxygen atoms in total. The van der Waals surface area contributed by atoms with Crippen LogP contribution >= 0.6 is 0 Å². The third-order valence-corrected chi connectivity index (χ3v) is 6.35. The van der Waals surface area contributed by atoms with Crippen LogP contribution in [0.2, 0.25) is 0 Å². The monoisotopic (exact) mass is 323 g/mol. The maximum atomic E-state index is 12.4. The summed E-state index contributed by atoms with van der Waals surface area (Å²) >= 11 is 0. The van der Waals surface area contributed by atoms with E-state index in [0.29, 0.717) is 25.4 Å². The van der Waals surface area contributed by atoms with E-state index in [1.165, 1.54) is 0 Å². The lowest BCUT2D eigenvalue weighted by Crippen LogP contribution is -2.41. The van der Waals surface area contributed by atoms with E-state index in [1.807, 2.05) is 11.8 Å². The lowest BCUT2D eigenvalue weighted by atomic mass is 9.93. The lowest BCUT2D eigenvalue weighted by Gasteiger charge is -2.33. The minimum Gasteiger partial charge on any atom is -0.342 e. The Morgan fingerprint density at radius 3 is 2.55 bits per heavy atom. The van der Waals surface area contributed by atoms with Gasteiger partial charge in [-0.1, -0.05) is 0 Å². The van der Waals surface area contributed by atoms with E-state index >= 15 is 0 Å². The molecule has 22 heavy (non-hydrogen) atoms. The Kier molecular flexibility index (Phi) is 4.16. The molecule has 2 fully saturated rings. The Bertz CT molecular complexity index is 666. The predicted molar refractivity (Wildman–Crippen MR) is 82.1 cm³/mol. The maximum absolute atomic E-state index is 12.4. The van der Waals surface area contributed by atoms with Crippen LogP contribution in [0.1, 0.15) is 36.6 Å². The van der Waals surface area contributed by atoms with Gasteiger partial charge in [-0.25, -0.2) is 8.42 Å². The Morgan fingerprint density at radius 1 is 1.23 bits per heavy atom. The van der Waals surface area contributed by atoms with Gasteiger partial charge >= 0.3 is 0 Å². The smallest absolute Gasteiger partial charge is 0.226 e. The van der Waals surface area contributed by atoms with Crippen LogP contribution in [0.4, 0.5) is 0 Å². The highest BCUT2D eigenvalue weighted by Crippen LogP contribution is 2.28. The normalized spacial score (nSPS) is 25.3. The highest BCUT2D eigenvalue weighted by atomic mass is 32.2. The van der Waals surface area contributed by atoms with Gasteiger partial charge in [0.2, 0.25) is 5.91 Å². The van der Waals surface area contributed by atoms with E-state index in [9.17, 15) is 13.2 Å². The number of carbonyl (C=O) groups excluding carboxylic acids is 1. The van der Waals surface area contributed by atoms with Gasteiger partial charge in [0.25, 0.3) is 0 Å². The van der Waals surface area contributed by atoms with Gasteiger partial charge in [0.15, 0.2) is 9.84 Å². The van der Waals surface area contributed by atoms with Crippen molar-refractivity contribution in [3.63, 3.8) is 0 Å². The van der Waals surface area contributed by atoms with Crippen LogP contribution in [0.5, 0.6) is 0 Å². The molecule has 3 heterocycles. The molecule has 0 N–H and O–H groups in total. The minimum absolute atomic E-state index is 0.00912.